The number of nitrogens with zero attached hydrogens (tertiary/aromatic N) is 2. The lowest BCUT2D eigenvalue weighted by molar-refractivity contribution is 0.375. The van der Waals surface area contributed by atoms with Crippen LogP contribution in [0, 0.1) is 20.8 Å². The number of methoxy groups -OCH3 is 1. The number of nitrogens with one attached hydrogen (secondary N) is 1. The van der Waals surface area contributed by atoms with Crippen LogP contribution in [0.25, 0.3) is 11.4 Å². The van der Waals surface area contributed by atoms with Crippen LogP contribution >= 0.6 is 0 Å². The first-order chi connectivity index (χ1) is 12.8. The Hall–Kier alpha value is -2.71. The summed E-state index contributed by atoms with van der Waals surface area (Å²) in [5.41, 5.74) is 3.07. The molecule has 142 valence electrons. The molecular formula is C19H21N3O4S. The molecule has 1 heterocycles. The topological polar surface area (TPSA) is 94.3 Å². The molecule has 0 aliphatic heterocycles. The third-order valence-electron chi connectivity index (χ3n) is 4.10. The summed E-state index contributed by atoms with van der Waals surface area (Å²) in [5, 5.41) is 3.91. The molecule has 3 aromatic rings. The molecule has 0 bridgehead atoms. The number of aromatic nitrogens is 2. The summed E-state index contributed by atoms with van der Waals surface area (Å²) in [6.45, 7) is 5.39. The number of aryl methyl sites for hydroxylation is 3. The molecule has 0 radical (unpaired) electrons. The van der Waals surface area contributed by atoms with E-state index in [0.717, 1.165) is 5.56 Å². The van der Waals surface area contributed by atoms with Gasteiger partial charge >= 0.3 is 0 Å². The zero-order valence-corrected chi connectivity index (χ0v) is 16.4. The van der Waals surface area contributed by atoms with Gasteiger partial charge in [0.1, 0.15) is 5.75 Å². The van der Waals surface area contributed by atoms with Crippen molar-refractivity contribution in [3.63, 3.8) is 0 Å². The van der Waals surface area contributed by atoms with E-state index >= 15 is 0 Å². The number of benzene rings is 2. The van der Waals surface area contributed by atoms with Gasteiger partial charge in [0, 0.05) is 0 Å². The second kappa shape index (κ2) is 7.50. The van der Waals surface area contributed by atoms with Crippen LogP contribution in [-0.2, 0) is 16.6 Å². The van der Waals surface area contributed by atoms with Gasteiger partial charge in [0.25, 0.3) is 0 Å². The zero-order chi connectivity index (χ0) is 19.6. The van der Waals surface area contributed by atoms with Crippen LogP contribution in [-0.4, -0.2) is 25.7 Å². The van der Waals surface area contributed by atoms with Gasteiger partial charge in [0.2, 0.25) is 21.7 Å². The fraction of sp³-hybridized carbons (Fsp3) is 0.263. The van der Waals surface area contributed by atoms with Gasteiger partial charge in [0.05, 0.1) is 24.1 Å². The molecule has 7 nitrogen and oxygen atoms in total. The van der Waals surface area contributed by atoms with E-state index in [4.69, 9.17) is 9.26 Å². The molecule has 1 aromatic heterocycles. The summed E-state index contributed by atoms with van der Waals surface area (Å²) in [7, 11) is -2.15. The van der Waals surface area contributed by atoms with Gasteiger partial charge in [0.15, 0.2) is 0 Å². The Kier molecular flexibility index (Phi) is 5.29. The molecule has 0 saturated carbocycles. The first-order valence-electron chi connectivity index (χ1n) is 8.35. The highest BCUT2D eigenvalue weighted by Gasteiger charge is 2.21. The average molecular weight is 387 g/mol. The number of sulfonamides is 1. The van der Waals surface area contributed by atoms with Crippen molar-refractivity contribution in [1.29, 1.82) is 0 Å². The Balaban J connectivity index is 1.81. The van der Waals surface area contributed by atoms with Crippen LogP contribution in [0.4, 0.5) is 0 Å². The van der Waals surface area contributed by atoms with Crippen molar-refractivity contribution in [3.05, 3.63) is 59.0 Å². The molecule has 27 heavy (non-hydrogen) atoms. The third kappa shape index (κ3) is 4.01. The second-order valence-electron chi connectivity index (χ2n) is 6.26. The van der Waals surface area contributed by atoms with Crippen LogP contribution in [0.15, 0.2) is 45.8 Å². The van der Waals surface area contributed by atoms with Gasteiger partial charge in [-0.3, -0.25) is 0 Å². The van der Waals surface area contributed by atoms with E-state index in [2.05, 4.69) is 14.9 Å². The quantitative estimate of drug-likeness (QED) is 0.698. The van der Waals surface area contributed by atoms with Crippen LogP contribution in [0.1, 0.15) is 22.6 Å². The van der Waals surface area contributed by atoms with Gasteiger partial charge in [-0.2, -0.15) is 4.98 Å². The lowest BCUT2D eigenvalue weighted by Crippen LogP contribution is -2.25. The lowest BCUT2D eigenvalue weighted by Gasteiger charge is -2.12. The van der Waals surface area contributed by atoms with E-state index in [1.807, 2.05) is 31.2 Å². The van der Waals surface area contributed by atoms with Crippen LogP contribution in [0.2, 0.25) is 0 Å². The second-order valence-corrected chi connectivity index (χ2v) is 7.97. The molecule has 0 amide bonds. The van der Waals surface area contributed by atoms with E-state index in [-0.39, 0.29) is 17.3 Å². The Morgan fingerprint density at radius 2 is 1.78 bits per heavy atom. The Morgan fingerprint density at radius 3 is 2.44 bits per heavy atom. The van der Waals surface area contributed by atoms with Crippen LogP contribution < -0.4 is 9.46 Å². The normalized spacial score (nSPS) is 11.6. The third-order valence-corrected chi connectivity index (χ3v) is 5.81. The predicted octanol–water partition coefficient (Wildman–Crippen LogP) is 3.15. The summed E-state index contributed by atoms with van der Waals surface area (Å²) in [5.74, 6) is 1.11. The molecule has 0 saturated heterocycles. The van der Waals surface area contributed by atoms with E-state index in [1.54, 1.807) is 33.1 Å². The number of para-hydroxylation sites is 1. The predicted molar refractivity (Wildman–Crippen MR) is 101 cm³/mol. The standard InChI is InChI=1S/C19H21N3O4S/c1-12-9-13(2)18(14(3)10-12)27(23,24)20-11-17-21-19(22-26-17)15-7-5-6-8-16(15)25-4/h5-10,20H,11H2,1-4H3. The first-order valence-corrected chi connectivity index (χ1v) is 9.83. The molecule has 1 N–H and O–H groups in total. The molecule has 0 atom stereocenters. The van der Waals surface area contributed by atoms with Crippen molar-refractivity contribution in [2.45, 2.75) is 32.2 Å². The molecular weight excluding hydrogens is 366 g/mol. The Morgan fingerprint density at radius 1 is 1.11 bits per heavy atom. The molecule has 0 spiro atoms. The van der Waals surface area contributed by atoms with E-state index in [9.17, 15) is 8.42 Å². The van der Waals surface area contributed by atoms with Crippen LogP contribution in [0.3, 0.4) is 0 Å². The molecule has 3 rings (SSSR count). The highest BCUT2D eigenvalue weighted by Crippen LogP contribution is 2.27. The minimum Gasteiger partial charge on any atom is -0.496 e. The van der Waals surface area contributed by atoms with Crippen molar-refractivity contribution in [2.24, 2.45) is 0 Å². The van der Waals surface area contributed by atoms with Gasteiger partial charge in [-0.1, -0.05) is 35.0 Å². The summed E-state index contributed by atoms with van der Waals surface area (Å²) >= 11 is 0. The van der Waals surface area contributed by atoms with Crippen LogP contribution in [0.5, 0.6) is 5.75 Å². The van der Waals surface area contributed by atoms with Crippen molar-refractivity contribution in [3.8, 4) is 17.1 Å². The van der Waals surface area contributed by atoms with Crippen molar-refractivity contribution < 1.29 is 17.7 Å². The average Bonchev–Trinajstić information content (AvgIpc) is 3.08. The number of rotatable bonds is 6. The molecule has 8 heteroatoms. The highest BCUT2D eigenvalue weighted by molar-refractivity contribution is 7.89. The van der Waals surface area contributed by atoms with Crippen molar-refractivity contribution in [1.82, 2.24) is 14.9 Å². The summed E-state index contributed by atoms with van der Waals surface area (Å²) in [6.07, 6.45) is 0. The Labute approximate surface area is 158 Å². The lowest BCUT2D eigenvalue weighted by atomic mass is 10.1. The molecule has 0 fully saturated rings. The number of hydrogen-bond acceptors (Lipinski definition) is 6. The van der Waals surface area contributed by atoms with Crippen molar-refractivity contribution >= 4 is 10.0 Å². The van der Waals surface area contributed by atoms with E-state index < -0.39 is 10.0 Å². The Bertz CT molecular complexity index is 1050. The van der Waals surface area contributed by atoms with E-state index in [1.165, 1.54) is 0 Å². The first kappa shape index (κ1) is 19.1. The molecule has 2 aromatic carbocycles. The summed E-state index contributed by atoms with van der Waals surface area (Å²) in [4.78, 5) is 4.54. The number of hydrogen-bond donors (Lipinski definition) is 1. The fourth-order valence-electron chi connectivity index (χ4n) is 3.09. The van der Waals surface area contributed by atoms with E-state index in [0.29, 0.717) is 28.3 Å². The van der Waals surface area contributed by atoms with Crippen molar-refractivity contribution in [2.75, 3.05) is 7.11 Å². The largest absolute Gasteiger partial charge is 0.496 e. The monoisotopic (exact) mass is 387 g/mol. The minimum absolute atomic E-state index is 0.1000. The maximum absolute atomic E-state index is 12.7. The maximum Gasteiger partial charge on any atom is 0.242 e. The van der Waals surface area contributed by atoms with Gasteiger partial charge < -0.3 is 9.26 Å². The number of ether oxygens (including phenoxy) is 1. The SMILES string of the molecule is COc1ccccc1-c1noc(CNS(=O)(=O)c2c(C)cc(C)cc2C)n1. The molecule has 0 unspecified atom stereocenters. The minimum atomic E-state index is -3.71. The summed E-state index contributed by atoms with van der Waals surface area (Å²) in [6, 6.07) is 10.9. The van der Waals surface area contributed by atoms with Gasteiger partial charge in [-0.25, -0.2) is 13.1 Å². The maximum atomic E-state index is 12.7. The zero-order valence-electron chi connectivity index (χ0n) is 15.6. The summed E-state index contributed by atoms with van der Waals surface area (Å²) < 4.78 is 38.4. The van der Waals surface area contributed by atoms with Gasteiger partial charge in [-0.05, 0) is 44.0 Å². The molecule has 0 aliphatic rings. The fourth-order valence-corrected chi connectivity index (χ4v) is 4.51. The smallest absolute Gasteiger partial charge is 0.242 e. The highest BCUT2D eigenvalue weighted by atomic mass is 32.2. The molecule has 0 aliphatic carbocycles. The van der Waals surface area contributed by atoms with Gasteiger partial charge in [-0.15, -0.1) is 0 Å².